The lowest BCUT2D eigenvalue weighted by atomic mass is 9.92. The number of hydrogen-bond acceptors (Lipinski definition) is 6. The van der Waals surface area contributed by atoms with Crippen LogP contribution >= 0.6 is 0 Å². The lowest BCUT2D eigenvalue weighted by Gasteiger charge is -2.37. The van der Waals surface area contributed by atoms with Crippen LogP contribution in [0.4, 0.5) is 0 Å². The molecule has 0 spiro atoms. The van der Waals surface area contributed by atoms with E-state index in [1.165, 1.54) is 0 Å². The molecule has 1 amide bonds. The monoisotopic (exact) mass is 473 g/mol. The van der Waals surface area contributed by atoms with Crippen molar-refractivity contribution >= 4 is 22.5 Å². The second-order valence-corrected chi connectivity index (χ2v) is 8.40. The lowest BCUT2D eigenvalue weighted by molar-refractivity contribution is -0.118. The number of nitrogens with two attached hydrogens (primary N) is 1. The quantitative estimate of drug-likeness (QED) is 0.604. The maximum Gasteiger partial charge on any atom is 0.224 e. The van der Waals surface area contributed by atoms with Gasteiger partial charge in [-0.3, -0.25) is 4.79 Å². The summed E-state index contributed by atoms with van der Waals surface area (Å²) in [7, 11) is 0. The third kappa shape index (κ3) is 4.07. The van der Waals surface area contributed by atoms with Gasteiger partial charge < -0.3 is 25.2 Å². The maximum absolute atomic E-state index is 11.3. The molecular weight excluding hydrogens is 442 g/mol. The number of aryl methyl sites for hydroxylation is 1. The molecule has 0 saturated carbocycles. The molecule has 1 aromatic heterocycles. The Labute approximate surface area is 205 Å². The number of phenolic OH excluding ortho intramolecular Hbond substituents is 1. The number of ether oxygens (including phenoxy) is 2. The van der Waals surface area contributed by atoms with Crippen LogP contribution in [-0.4, -0.2) is 33.6 Å². The van der Waals surface area contributed by atoms with Crippen LogP contribution in [0.5, 0.6) is 5.75 Å². The largest absolute Gasteiger partial charge is 0.508 e. The number of carbonyl (C=O) groups excluding carboxylic acids is 1. The van der Waals surface area contributed by atoms with Gasteiger partial charge in [-0.1, -0.05) is 40.5 Å². The van der Waals surface area contributed by atoms with E-state index in [2.05, 4.69) is 31.6 Å². The molecule has 0 saturated heterocycles. The Morgan fingerprint density at radius 1 is 1.34 bits per heavy atom. The molecule has 0 aliphatic carbocycles. The summed E-state index contributed by atoms with van der Waals surface area (Å²) in [6.07, 6.45) is 2.15. The molecule has 2 aromatic rings. The number of aromatic hydroxyl groups is 1. The van der Waals surface area contributed by atoms with E-state index < -0.39 is 12.0 Å². The Morgan fingerprint density at radius 2 is 2.09 bits per heavy atom. The SMILES string of the molecule is C=C(CC(N)=O)OC1C(=C)OCC2=C1C=C1c3nc4ccc(O)cc4c(CC)c3CN1C2=C.CC. The van der Waals surface area contributed by atoms with E-state index >= 15 is 0 Å². The molecule has 5 rings (SSSR count). The van der Waals surface area contributed by atoms with Crippen molar-refractivity contribution in [2.24, 2.45) is 5.73 Å². The molecule has 1 atom stereocenters. The van der Waals surface area contributed by atoms with Crippen molar-refractivity contribution in [2.45, 2.75) is 46.3 Å². The van der Waals surface area contributed by atoms with Crippen molar-refractivity contribution in [1.29, 1.82) is 0 Å². The zero-order chi connectivity index (χ0) is 25.4. The predicted molar refractivity (Wildman–Crippen MR) is 137 cm³/mol. The standard InChI is InChI=1S/C26H25N3O4.C2H6/c1-5-17-18-9-16(30)6-7-22(18)28-25-20(17)11-29-14(3)21-12-32-15(4)26(19(21)10-23(25)29)33-13(2)8-24(27)31;1-2/h6-7,9-10,26,30H,2-5,8,11-12H2,1H3,(H2,27,31);1-2H3. The minimum atomic E-state index is -0.626. The Kier molecular flexibility index (Phi) is 6.43. The molecule has 0 radical (unpaired) electrons. The fraction of sp³-hybridized carbons (Fsp3) is 0.286. The zero-order valence-electron chi connectivity index (χ0n) is 20.5. The lowest BCUT2D eigenvalue weighted by Crippen LogP contribution is -2.32. The summed E-state index contributed by atoms with van der Waals surface area (Å²) in [6, 6.07) is 5.27. The summed E-state index contributed by atoms with van der Waals surface area (Å²) in [5, 5.41) is 11.0. The van der Waals surface area contributed by atoms with Crippen molar-refractivity contribution in [3.63, 3.8) is 0 Å². The molecule has 0 fully saturated rings. The van der Waals surface area contributed by atoms with E-state index in [1.807, 2.05) is 26.0 Å². The van der Waals surface area contributed by atoms with E-state index in [-0.39, 0.29) is 17.9 Å². The van der Waals surface area contributed by atoms with Gasteiger partial charge in [0.15, 0.2) is 6.10 Å². The van der Waals surface area contributed by atoms with Crippen LogP contribution in [-0.2, 0) is 27.2 Å². The highest BCUT2D eigenvalue weighted by Crippen LogP contribution is 2.46. The highest BCUT2D eigenvalue weighted by atomic mass is 16.5. The van der Waals surface area contributed by atoms with Gasteiger partial charge in [-0.15, -0.1) is 0 Å². The van der Waals surface area contributed by atoms with Gasteiger partial charge in [0.2, 0.25) is 5.91 Å². The average molecular weight is 474 g/mol. The van der Waals surface area contributed by atoms with Crippen LogP contribution in [0.3, 0.4) is 0 Å². The Bertz CT molecular complexity index is 1340. The number of hydrogen-bond donors (Lipinski definition) is 2. The third-order valence-electron chi connectivity index (χ3n) is 6.34. The van der Waals surface area contributed by atoms with Gasteiger partial charge in [-0.05, 0) is 36.3 Å². The number of rotatable bonds is 5. The summed E-state index contributed by atoms with van der Waals surface area (Å²) < 4.78 is 11.8. The summed E-state index contributed by atoms with van der Waals surface area (Å²) >= 11 is 0. The fourth-order valence-electron chi connectivity index (χ4n) is 4.81. The van der Waals surface area contributed by atoms with Crippen LogP contribution in [0.2, 0.25) is 0 Å². The molecule has 4 heterocycles. The van der Waals surface area contributed by atoms with Crippen LogP contribution in [0.25, 0.3) is 16.6 Å². The summed E-state index contributed by atoms with van der Waals surface area (Å²) in [5.74, 6) is 0.392. The Morgan fingerprint density at radius 3 is 2.77 bits per heavy atom. The highest BCUT2D eigenvalue weighted by Gasteiger charge is 2.39. The Balaban J connectivity index is 0.00000141. The number of primary amides is 1. The van der Waals surface area contributed by atoms with E-state index in [0.717, 1.165) is 56.7 Å². The zero-order valence-corrected chi connectivity index (χ0v) is 20.5. The number of benzene rings is 1. The van der Waals surface area contributed by atoms with Crippen molar-refractivity contribution < 1.29 is 19.4 Å². The van der Waals surface area contributed by atoms with Crippen molar-refractivity contribution in [1.82, 2.24) is 9.88 Å². The fourth-order valence-corrected chi connectivity index (χ4v) is 4.81. The first-order chi connectivity index (χ1) is 16.8. The van der Waals surface area contributed by atoms with Gasteiger partial charge in [-0.2, -0.15) is 0 Å². The summed E-state index contributed by atoms with van der Waals surface area (Å²) in [4.78, 5) is 18.4. The maximum atomic E-state index is 11.3. The number of aromatic nitrogens is 1. The van der Waals surface area contributed by atoms with Crippen molar-refractivity contribution in [3.8, 4) is 5.75 Å². The highest BCUT2D eigenvalue weighted by molar-refractivity contribution is 5.90. The average Bonchev–Trinajstić information content (AvgIpc) is 3.19. The molecule has 0 bridgehead atoms. The molecule has 3 aliphatic heterocycles. The van der Waals surface area contributed by atoms with E-state index in [9.17, 15) is 9.90 Å². The normalized spacial score (nSPS) is 18.1. The topological polar surface area (TPSA) is 97.9 Å². The second kappa shape index (κ2) is 9.33. The number of nitrogens with zero attached hydrogens (tertiary/aromatic N) is 2. The van der Waals surface area contributed by atoms with Gasteiger partial charge >= 0.3 is 0 Å². The number of pyridine rings is 1. The predicted octanol–water partition coefficient (Wildman–Crippen LogP) is 4.83. The molecule has 7 nitrogen and oxygen atoms in total. The molecule has 3 aliphatic rings. The van der Waals surface area contributed by atoms with Crippen molar-refractivity contribution in [2.75, 3.05) is 6.61 Å². The molecular formula is C28H31N3O4. The smallest absolute Gasteiger partial charge is 0.224 e. The number of carbonyl (C=O) groups is 1. The Hall–Kier alpha value is -4.00. The van der Waals surface area contributed by atoms with E-state index in [1.54, 1.807) is 12.1 Å². The third-order valence-corrected chi connectivity index (χ3v) is 6.34. The molecule has 1 unspecified atom stereocenters. The number of fused-ring (bicyclic) bond motifs is 4. The second-order valence-electron chi connectivity index (χ2n) is 8.40. The van der Waals surface area contributed by atoms with E-state index in [0.29, 0.717) is 18.9 Å². The van der Waals surface area contributed by atoms with Gasteiger partial charge in [0.25, 0.3) is 0 Å². The first kappa shape index (κ1) is 24.1. The molecule has 182 valence electrons. The minimum Gasteiger partial charge on any atom is -0.508 e. The van der Waals surface area contributed by atoms with Crippen molar-refractivity contribution in [3.05, 3.63) is 89.2 Å². The van der Waals surface area contributed by atoms with Crippen LogP contribution in [0, 0.1) is 0 Å². The van der Waals surface area contributed by atoms with E-state index in [4.69, 9.17) is 20.2 Å². The molecule has 35 heavy (non-hydrogen) atoms. The molecule has 3 N–H and O–H groups in total. The van der Waals surface area contributed by atoms with Gasteiger partial charge in [0.05, 0.1) is 35.6 Å². The first-order valence-corrected chi connectivity index (χ1v) is 11.8. The van der Waals surface area contributed by atoms with Gasteiger partial charge in [-0.25, -0.2) is 4.98 Å². The molecule has 1 aromatic carbocycles. The summed E-state index contributed by atoms with van der Waals surface area (Å²) in [6.45, 7) is 19.2. The van der Waals surface area contributed by atoms with Crippen LogP contribution < -0.4 is 5.73 Å². The minimum absolute atomic E-state index is 0.0842. The van der Waals surface area contributed by atoms with Crippen LogP contribution in [0.15, 0.2) is 72.4 Å². The van der Waals surface area contributed by atoms with Crippen LogP contribution in [0.1, 0.15) is 44.0 Å². The summed E-state index contributed by atoms with van der Waals surface area (Å²) in [5.41, 5.74) is 12.8. The van der Waals surface area contributed by atoms with Gasteiger partial charge in [0.1, 0.15) is 18.1 Å². The first-order valence-electron chi connectivity index (χ1n) is 11.8. The number of phenols is 1. The number of amides is 1. The van der Waals surface area contributed by atoms with Gasteiger partial charge in [0, 0.05) is 27.8 Å². The molecule has 7 heteroatoms.